The lowest BCUT2D eigenvalue weighted by Crippen LogP contribution is -2.71. The Kier molecular flexibility index (Phi) is 3.51. The second-order valence-corrected chi connectivity index (χ2v) is 7.98. The largest absolute Gasteiger partial charge is 0.377 e. The van der Waals surface area contributed by atoms with Gasteiger partial charge in [-0.15, -0.1) is 0 Å². The molecule has 0 aromatic carbocycles. The molecule has 1 spiro atoms. The Labute approximate surface area is 148 Å². The topological polar surface area (TPSA) is 52.0 Å². The SMILES string of the molecule is Cc1c([C@H](C)N[C@@H]2[C@@H]3CCO[C@@H]3C23CCC3)cnn1-c1ccccn1. The molecule has 4 atom stereocenters. The van der Waals surface area contributed by atoms with Crippen LogP contribution in [0.25, 0.3) is 5.82 Å². The zero-order valence-electron chi connectivity index (χ0n) is 15.0. The zero-order valence-corrected chi connectivity index (χ0v) is 15.0. The summed E-state index contributed by atoms with van der Waals surface area (Å²) >= 11 is 0. The highest BCUT2D eigenvalue weighted by molar-refractivity contribution is 5.30. The number of hydrogen-bond donors (Lipinski definition) is 1. The molecule has 1 saturated heterocycles. The molecule has 25 heavy (non-hydrogen) atoms. The monoisotopic (exact) mass is 338 g/mol. The highest BCUT2D eigenvalue weighted by Crippen LogP contribution is 2.63. The van der Waals surface area contributed by atoms with Crippen LogP contribution in [0.3, 0.4) is 0 Å². The molecule has 3 fully saturated rings. The molecular formula is C20H26N4O. The number of rotatable bonds is 4. The van der Waals surface area contributed by atoms with E-state index in [1.807, 2.05) is 35.3 Å². The summed E-state index contributed by atoms with van der Waals surface area (Å²) in [5, 5.41) is 8.53. The minimum absolute atomic E-state index is 0.293. The maximum atomic E-state index is 6.05. The molecule has 1 aliphatic heterocycles. The molecule has 2 aromatic heterocycles. The van der Waals surface area contributed by atoms with E-state index in [0.29, 0.717) is 29.5 Å². The third-order valence-electron chi connectivity index (χ3n) is 6.85. The smallest absolute Gasteiger partial charge is 0.153 e. The maximum Gasteiger partial charge on any atom is 0.153 e. The number of pyridine rings is 1. The van der Waals surface area contributed by atoms with Crippen LogP contribution in [0.15, 0.2) is 30.6 Å². The first kappa shape index (κ1) is 15.5. The summed E-state index contributed by atoms with van der Waals surface area (Å²) in [6.07, 6.45) is 9.54. The number of ether oxygens (including phenoxy) is 1. The van der Waals surface area contributed by atoms with Crippen LogP contribution in [-0.2, 0) is 4.74 Å². The first-order valence-corrected chi connectivity index (χ1v) is 9.54. The summed E-state index contributed by atoms with van der Waals surface area (Å²) in [6, 6.07) is 6.82. The Balaban J connectivity index is 1.37. The van der Waals surface area contributed by atoms with Crippen LogP contribution in [0.5, 0.6) is 0 Å². The molecule has 0 bridgehead atoms. The van der Waals surface area contributed by atoms with Crippen LogP contribution in [0.1, 0.15) is 49.9 Å². The van der Waals surface area contributed by atoms with Crippen molar-refractivity contribution in [3.63, 3.8) is 0 Å². The minimum atomic E-state index is 0.293. The van der Waals surface area contributed by atoms with E-state index in [-0.39, 0.29) is 0 Å². The molecule has 2 aliphatic carbocycles. The van der Waals surface area contributed by atoms with E-state index in [2.05, 4.69) is 29.2 Å². The second kappa shape index (κ2) is 5.64. The number of fused-ring (bicyclic) bond motifs is 2. The van der Waals surface area contributed by atoms with E-state index < -0.39 is 0 Å². The van der Waals surface area contributed by atoms with Crippen molar-refractivity contribution < 1.29 is 4.74 Å². The van der Waals surface area contributed by atoms with Crippen molar-refractivity contribution in [2.75, 3.05) is 6.61 Å². The average molecular weight is 338 g/mol. The second-order valence-electron chi connectivity index (χ2n) is 7.98. The lowest BCUT2D eigenvalue weighted by atomic mass is 9.46. The van der Waals surface area contributed by atoms with E-state index in [4.69, 9.17) is 4.74 Å². The predicted octanol–water partition coefficient (Wildman–Crippen LogP) is 3.18. The maximum absolute atomic E-state index is 6.05. The van der Waals surface area contributed by atoms with Crippen molar-refractivity contribution >= 4 is 0 Å². The molecule has 5 heteroatoms. The van der Waals surface area contributed by atoms with Crippen LogP contribution >= 0.6 is 0 Å². The lowest BCUT2D eigenvalue weighted by molar-refractivity contribution is -0.178. The van der Waals surface area contributed by atoms with Crippen LogP contribution in [0, 0.1) is 18.3 Å². The van der Waals surface area contributed by atoms with Gasteiger partial charge in [-0.1, -0.05) is 12.5 Å². The van der Waals surface area contributed by atoms with Gasteiger partial charge < -0.3 is 10.1 Å². The summed E-state index contributed by atoms with van der Waals surface area (Å²) in [4.78, 5) is 4.42. The van der Waals surface area contributed by atoms with Crippen molar-refractivity contribution in [1.29, 1.82) is 0 Å². The van der Waals surface area contributed by atoms with Crippen molar-refractivity contribution in [3.8, 4) is 5.82 Å². The third-order valence-corrected chi connectivity index (χ3v) is 6.85. The van der Waals surface area contributed by atoms with Gasteiger partial charge in [-0.2, -0.15) is 5.10 Å². The van der Waals surface area contributed by atoms with Gasteiger partial charge in [0.05, 0.1) is 12.3 Å². The molecule has 2 saturated carbocycles. The molecule has 0 amide bonds. The number of hydrogen-bond acceptors (Lipinski definition) is 4. The first-order valence-electron chi connectivity index (χ1n) is 9.54. The molecule has 2 aromatic rings. The van der Waals surface area contributed by atoms with Crippen LogP contribution < -0.4 is 5.32 Å². The number of nitrogens with one attached hydrogen (secondary N) is 1. The van der Waals surface area contributed by atoms with Gasteiger partial charge >= 0.3 is 0 Å². The number of nitrogens with zero attached hydrogens (tertiary/aromatic N) is 3. The fraction of sp³-hybridized carbons (Fsp3) is 0.600. The Morgan fingerprint density at radius 3 is 2.96 bits per heavy atom. The summed E-state index contributed by atoms with van der Waals surface area (Å²) in [5.74, 6) is 1.58. The molecular weight excluding hydrogens is 312 g/mol. The lowest BCUT2D eigenvalue weighted by Gasteiger charge is -2.64. The van der Waals surface area contributed by atoms with Crippen molar-refractivity contribution in [2.24, 2.45) is 11.3 Å². The minimum Gasteiger partial charge on any atom is -0.377 e. The van der Waals surface area contributed by atoms with Crippen molar-refractivity contribution in [3.05, 3.63) is 41.9 Å². The standard InChI is InChI=1S/C20H26N4O/c1-13(16-12-22-24(14(16)2)17-6-3-4-10-21-17)23-18-15-7-11-25-19(15)20(18)8-5-9-20/h3-4,6,10,12-13,15,18-19,23H,5,7-9,11H2,1-2H3/t13-,15-,18+,19-/m0/s1. The van der Waals surface area contributed by atoms with E-state index >= 15 is 0 Å². The van der Waals surface area contributed by atoms with Crippen LogP contribution in [0.4, 0.5) is 0 Å². The molecule has 5 rings (SSSR count). The Morgan fingerprint density at radius 2 is 2.24 bits per heavy atom. The first-order chi connectivity index (χ1) is 12.2. The Bertz CT molecular complexity index is 767. The Hall–Kier alpha value is -1.72. The average Bonchev–Trinajstić information content (AvgIpc) is 3.17. The van der Waals surface area contributed by atoms with Gasteiger partial charge in [0.15, 0.2) is 5.82 Å². The quantitative estimate of drug-likeness (QED) is 0.930. The summed E-state index contributed by atoms with van der Waals surface area (Å²) < 4.78 is 7.99. The van der Waals surface area contributed by atoms with Crippen molar-refractivity contribution in [1.82, 2.24) is 20.1 Å². The van der Waals surface area contributed by atoms with Gasteiger partial charge in [0.2, 0.25) is 0 Å². The normalized spacial score (nSPS) is 30.6. The summed E-state index contributed by atoms with van der Waals surface area (Å²) in [7, 11) is 0. The third kappa shape index (κ3) is 2.15. The van der Waals surface area contributed by atoms with E-state index in [1.165, 1.54) is 36.9 Å². The molecule has 5 nitrogen and oxygen atoms in total. The molecule has 0 radical (unpaired) electrons. The highest BCUT2D eigenvalue weighted by atomic mass is 16.5. The van der Waals surface area contributed by atoms with E-state index in [9.17, 15) is 0 Å². The molecule has 3 heterocycles. The molecule has 132 valence electrons. The fourth-order valence-electron chi connectivity index (χ4n) is 5.41. The van der Waals surface area contributed by atoms with Crippen LogP contribution in [-0.4, -0.2) is 33.5 Å². The molecule has 0 unspecified atom stereocenters. The summed E-state index contributed by atoms with van der Waals surface area (Å²) in [5.41, 5.74) is 2.85. The van der Waals surface area contributed by atoms with E-state index in [0.717, 1.165) is 12.4 Å². The summed E-state index contributed by atoms with van der Waals surface area (Å²) in [6.45, 7) is 5.35. The predicted molar refractivity (Wildman–Crippen MR) is 95.6 cm³/mol. The van der Waals surface area contributed by atoms with Crippen molar-refractivity contribution in [2.45, 2.75) is 57.7 Å². The van der Waals surface area contributed by atoms with Gasteiger partial charge in [0, 0.05) is 47.5 Å². The number of aromatic nitrogens is 3. The highest BCUT2D eigenvalue weighted by Gasteiger charge is 2.66. The van der Waals surface area contributed by atoms with Gasteiger partial charge in [-0.3, -0.25) is 0 Å². The van der Waals surface area contributed by atoms with Crippen LogP contribution in [0.2, 0.25) is 0 Å². The molecule has 1 N–H and O–H groups in total. The molecule has 3 aliphatic rings. The van der Waals surface area contributed by atoms with Gasteiger partial charge in [0.25, 0.3) is 0 Å². The van der Waals surface area contributed by atoms with Gasteiger partial charge in [-0.05, 0) is 45.2 Å². The van der Waals surface area contributed by atoms with Gasteiger partial charge in [-0.25, -0.2) is 9.67 Å². The van der Waals surface area contributed by atoms with Gasteiger partial charge in [0.1, 0.15) is 0 Å². The fourth-order valence-corrected chi connectivity index (χ4v) is 5.41. The van der Waals surface area contributed by atoms with E-state index in [1.54, 1.807) is 0 Å². The Morgan fingerprint density at radius 1 is 1.36 bits per heavy atom. The zero-order chi connectivity index (χ0) is 17.0.